The smallest absolute Gasteiger partial charge is 0.0821 e. The number of halogens is 2. The topological polar surface area (TPSA) is 17.8 Å². The van der Waals surface area contributed by atoms with Gasteiger partial charge in [-0.25, -0.2) is 0 Å². The molecule has 1 rings (SSSR count). The summed E-state index contributed by atoms with van der Waals surface area (Å²) in [6, 6.07) is 0. The molecule has 4 heteroatoms. The fraction of sp³-hybridized carbons (Fsp3) is 0.500. The number of hydrogen-bond acceptors (Lipinski definition) is 1. The number of rotatable bonds is 2. The van der Waals surface area contributed by atoms with E-state index in [2.05, 4.69) is 63.4 Å². The summed E-state index contributed by atoms with van der Waals surface area (Å²) in [5.74, 6) is 0. The minimum absolute atomic E-state index is 0.620. The Labute approximate surface area is 87.7 Å². The standard InChI is InChI=1S/C6H8I2N2/c1-5-2-9-10(3-5)4-6(7)8/h2-3,6H,4H2,1H3. The van der Waals surface area contributed by atoms with E-state index in [1.54, 1.807) is 0 Å². The van der Waals surface area contributed by atoms with Gasteiger partial charge in [0.05, 0.1) is 14.7 Å². The van der Waals surface area contributed by atoms with E-state index in [0.29, 0.717) is 1.93 Å². The second-order valence-corrected chi connectivity index (χ2v) is 7.52. The van der Waals surface area contributed by atoms with Gasteiger partial charge in [0.25, 0.3) is 0 Å². The lowest BCUT2D eigenvalue weighted by Crippen LogP contribution is -2.03. The minimum Gasteiger partial charge on any atom is -0.271 e. The van der Waals surface area contributed by atoms with Crippen molar-refractivity contribution < 1.29 is 0 Å². The van der Waals surface area contributed by atoms with Gasteiger partial charge in [-0.15, -0.1) is 0 Å². The molecule has 0 saturated heterocycles. The first-order chi connectivity index (χ1) is 4.68. The van der Waals surface area contributed by atoms with Crippen LogP contribution in [0.3, 0.4) is 0 Å². The molecule has 10 heavy (non-hydrogen) atoms. The summed E-state index contributed by atoms with van der Waals surface area (Å²) in [6.45, 7) is 3.05. The summed E-state index contributed by atoms with van der Waals surface area (Å²) in [6.07, 6.45) is 3.94. The molecule has 0 saturated carbocycles. The van der Waals surface area contributed by atoms with Crippen LogP contribution in [0, 0.1) is 6.92 Å². The number of aromatic nitrogens is 2. The van der Waals surface area contributed by atoms with Crippen molar-refractivity contribution in [1.82, 2.24) is 9.78 Å². The molecule has 0 bridgehead atoms. The molecule has 0 aliphatic carbocycles. The van der Waals surface area contributed by atoms with E-state index in [9.17, 15) is 0 Å². The van der Waals surface area contributed by atoms with Crippen LogP contribution < -0.4 is 0 Å². The third-order valence-electron chi connectivity index (χ3n) is 1.09. The molecule has 0 N–H and O–H groups in total. The SMILES string of the molecule is Cc1cnn(CC(I)I)c1. The molecule has 1 aromatic heterocycles. The highest BCUT2D eigenvalue weighted by atomic mass is 127. The molecule has 0 spiro atoms. The molecule has 0 aromatic carbocycles. The molecule has 0 fully saturated rings. The van der Waals surface area contributed by atoms with Crippen molar-refractivity contribution in [3.05, 3.63) is 18.0 Å². The van der Waals surface area contributed by atoms with E-state index in [1.807, 2.05) is 10.9 Å². The summed E-state index contributed by atoms with van der Waals surface area (Å²) >= 11 is 4.76. The van der Waals surface area contributed by atoms with E-state index in [-0.39, 0.29) is 0 Å². The van der Waals surface area contributed by atoms with E-state index in [1.165, 1.54) is 5.56 Å². The summed E-state index contributed by atoms with van der Waals surface area (Å²) in [7, 11) is 0. The molecule has 0 atom stereocenters. The van der Waals surface area contributed by atoms with Crippen molar-refractivity contribution >= 4 is 45.2 Å². The second kappa shape index (κ2) is 3.89. The first-order valence-corrected chi connectivity index (χ1v) is 5.45. The molecule has 0 aliphatic rings. The van der Waals surface area contributed by atoms with Gasteiger partial charge in [-0.2, -0.15) is 5.10 Å². The average molecular weight is 362 g/mol. The van der Waals surface area contributed by atoms with Crippen LogP contribution in [-0.2, 0) is 6.54 Å². The molecule has 0 unspecified atom stereocenters. The summed E-state index contributed by atoms with van der Waals surface area (Å²) in [4.78, 5) is 0. The highest BCUT2D eigenvalue weighted by Gasteiger charge is 1.98. The fourth-order valence-electron chi connectivity index (χ4n) is 0.708. The highest BCUT2D eigenvalue weighted by Crippen LogP contribution is 2.11. The largest absolute Gasteiger partial charge is 0.271 e. The third kappa shape index (κ3) is 2.73. The van der Waals surface area contributed by atoms with Crippen LogP contribution in [0.4, 0.5) is 0 Å². The predicted molar refractivity (Wildman–Crippen MR) is 58.8 cm³/mol. The zero-order valence-corrected chi connectivity index (χ0v) is 9.90. The van der Waals surface area contributed by atoms with Crippen LogP contribution >= 0.6 is 45.2 Å². The second-order valence-electron chi connectivity index (χ2n) is 2.13. The predicted octanol–water partition coefficient (Wildman–Crippen LogP) is 2.39. The Morgan fingerprint density at radius 2 is 2.40 bits per heavy atom. The fourth-order valence-corrected chi connectivity index (χ4v) is 1.52. The van der Waals surface area contributed by atoms with Gasteiger partial charge in [-0.3, -0.25) is 4.68 Å². The van der Waals surface area contributed by atoms with Crippen molar-refractivity contribution in [2.45, 2.75) is 15.4 Å². The summed E-state index contributed by atoms with van der Waals surface area (Å²) < 4.78 is 2.59. The van der Waals surface area contributed by atoms with Crippen LogP contribution in [0.5, 0.6) is 0 Å². The van der Waals surface area contributed by atoms with Crippen molar-refractivity contribution in [3.63, 3.8) is 0 Å². The van der Waals surface area contributed by atoms with Gasteiger partial charge < -0.3 is 0 Å². The highest BCUT2D eigenvalue weighted by molar-refractivity contribution is 14.2. The van der Waals surface area contributed by atoms with Gasteiger partial charge in [0.1, 0.15) is 0 Å². The van der Waals surface area contributed by atoms with E-state index in [4.69, 9.17) is 0 Å². The monoisotopic (exact) mass is 362 g/mol. The maximum Gasteiger partial charge on any atom is 0.0821 e. The van der Waals surface area contributed by atoms with Crippen molar-refractivity contribution in [2.24, 2.45) is 0 Å². The Balaban J connectivity index is 2.58. The lowest BCUT2D eigenvalue weighted by Gasteiger charge is -1.99. The summed E-state index contributed by atoms with van der Waals surface area (Å²) in [5, 5.41) is 4.16. The Kier molecular flexibility index (Phi) is 3.41. The molecule has 0 aliphatic heterocycles. The Morgan fingerprint density at radius 3 is 2.80 bits per heavy atom. The Hall–Kier alpha value is 0.670. The zero-order chi connectivity index (χ0) is 7.56. The molecule has 1 aromatic rings. The Bertz CT molecular complexity index is 207. The van der Waals surface area contributed by atoms with E-state index >= 15 is 0 Å². The number of aryl methyl sites for hydroxylation is 1. The maximum atomic E-state index is 4.16. The van der Waals surface area contributed by atoms with E-state index < -0.39 is 0 Å². The molecule has 2 nitrogen and oxygen atoms in total. The molecule has 56 valence electrons. The van der Waals surface area contributed by atoms with Gasteiger partial charge in [0.2, 0.25) is 0 Å². The lowest BCUT2D eigenvalue weighted by molar-refractivity contribution is 0.665. The van der Waals surface area contributed by atoms with Gasteiger partial charge in [-0.05, 0) is 12.5 Å². The van der Waals surface area contributed by atoms with E-state index in [0.717, 1.165) is 6.54 Å². The lowest BCUT2D eigenvalue weighted by atomic mass is 10.4. The molecule has 0 radical (unpaired) electrons. The first kappa shape index (κ1) is 8.76. The summed E-state index contributed by atoms with van der Waals surface area (Å²) in [5.41, 5.74) is 1.23. The quantitative estimate of drug-likeness (QED) is 0.584. The van der Waals surface area contributed by atoms with Crippen LogP contribution in [0.25, 0.3) is 0 Å². The van der Waals surface area contributed by atoms with Crippen molar-refractivity contribution in [2.75, 3.05) is 0 Å². The number of nitrogens with zero attached hydrogens (tertiary/aromatic N) is 2. The number of hydrogen-bond donors (Lipinski definition) is 0. The van der Waals surface area contributed by atoms with Gasteiger partial charge in [0.15, 0.2) is 0 Å². The van der Waals surface area contributed by atoms with Crippen LogP contribution in [0.2, 0.25) is 0 Å². The van der Waals surface area contributed by atoms with Gasteiger partial charge in [-0.1, -0.05) is 45.2 Å². The molecule has 0 amide bonds. The zero-order valence-electron chi connectivity index (χ0n) is 5.59. The van der Waals surface area contributed by atoms with Crippen LogP contribution in [0.1, 0.15) is 5.56 Å². The van der Waals surface area contributed by atoms with Crippen LogP contribution in [0.15, 0.2) is 12.4 Å². The van der Waals surface area contributed by atoms with Crippen LogP contribution in [-0.4, -0.2) is 11.7 Å². The normalized spacial score (nSPS) is 10.8. The van der Waals surface area contributed by atoms with Gasteiger partial charge >= 0.3 is 0 Å². The Morgan fingerprint density at radius 1 is 1.70 bits per heavy atom. The van der Waals surface area contributed by atoms with Crippen molar-refractivity contribution in [3.8, 4) is 0 Å². The average Bonchev–Trinajstić information content (AvgIpc) is 2.13. The molecular weight excluding hydrogens is 354 g/mol. The number of alkyl halides is 2. The molecular formula is C6H8I2N2. The van der Waals surface area contributed by atoms with Crippen molar-refractivity contribution in [1.29, 1.82) is 0 Å². The maximum absolute atomic E-state index is 4.16. The minimum atomic E-state index is 0.620. The third-order valence-corrected chi connectivity index (χ3v) is 1.88. The molecule has 1 heterocycles. The first-order valence-electron chi connectivity index (χ1n) is 2.95. The van der Waals surface area contributed by atoms with Gasteiger partial charge in [0, 0.05) is 6.20 Å².